The molecule has 4 nitrogen and oxygen atoms in total. The predicted octanol–water partition coefficient (Wildman–Crippen LogP) is 2.92. The Kier molecular flexibility index (Phi) is 4.79. The van der Waals surface area contributed by atoms with Gasteiger partial charge in [-0.15, -0.1) is 0 Å². The van der Waals surface area contributed by atoms with Crippen LogP contribution in [0.3, 0.4) is 0 Å². The minimum atomic E-state index is 0.134. The zero-order valence-electron chi connectivity index (χ0n) is 12.7. The van der Waals surface area contributed by atoms with Crippen molar-refractivity contribution in [2.45, 2.75) is 32.9 Å². The van der Waals surface area contributed by atoms with Crippen LogP contribution >= 0.6 is 0 Å². The molecule has 4 heteroatoms. The summed E-state index contributed by atoms with van der Waals surface area (Å²) >= 11 is 0. The number of aryl methyl sites for hydroxylation is 2. The summed E-state index contributed by atoms with van der Waals surface area (Å²) in [5, 5.41) is 7.76. The summed E-state index contributed by atoms with van der Waals surface area (Å²) in [6.07, 6.45) is 5.13. The van der Waals surface area contributed by atoms with Gasteiger partial charge in [-0.25, -0.2) is 0 Å². The van der Waals surface area contributed by atoms with E-state index in [-0.39, 0.29) is 6.04 Å². The fourth-order valence-electron chi connectivity index (χ4n) is 2.42. The zero-order chi connectivity index (χ0) is 14.5. The van der Waals surface area contributed by atoms with Gasteiger partial charge in [-0.2, -0.15) is 5.10 Å². The van der Waals surface area contributed by atoms with E-state index >= 15 is 0 Å². The number of aromatic nitrogens is 2. The molecule has 0 spiro atoms. The van der Waals surface area contributed by atoms with E-state index < -0.39 is 0 Å². The van der Waals surface area contributed by atoms with Crippen molar-refractivity contribution >= 4 is 0 Å². The van der Waals surface area contributed by atoms with Gasteiger partial charge in [0.2, 0.25) is 0 Å². The molecule has 0 bridgehead atoms. The van der Waals surface area contributed by atoms with Crippen molar-refractivity contribution in [3.63, 3.8) is 0 Å². The van der Waals surface area contributed by atoms with Gasteiger partial charge < -0.3 is 10.1 Å². The molecular formula is C16H23N3O. The SMILES string of the molecule is CCCn1cc(C(NC)c2ccc(C)c(OC)c2)cn1. The third-order valence-corrected chi connectivity index (χ3v) is 3.49. The van der Waals surface area contributed by atoms with Gasteiger partial charge in [0.05, 0.1) is 19.3 Å². The number of benzene rings is 1. The number of hydrogen-bond acceptors (Lipinski definition) is 3. The molecule has 1 heterocycles. The van der Waals surface area contributed by atoms with E-state index in [9.17, 15) is 0 Å². The molecule has 0 amide bonds. The summed E-state index contributed by atoms with van der Waals surface area (Å²) in [4.78, 5) is 0. The highest BCUT2D eigenvalue weighted by molar-refractivity contribution is 5.40. The summed E-state index contributed by atoms with van der Waals surface area (Å²) in [6.45, 7) is 5.16. The maximum atomic E-state index is 5.41. The first-order valence-corrected chi connectivity index (χ1v) is 7.03. The summed E-state index contributed by atoms with van der Waals surface area (Å²) in [5.41, 5.74) is 3.51. The number of ether oxygens (including phenoxy) is 1. The molecule has 0 saturated heterocycles. The van der Waals surface area contributed by atoms with Gasteiger partial charge in [0.25, 0.3) is 0 Å². The molecule has 1 aromatic carbocycles. The standard InChI is InChI=1S/C16H23N3O/c1-5-8-19-11-14(10-18-19)16(17-3)13-7-6-12(2)15(9-13)20-4/h6-7,9-11,16-17H,5,8H2,1-4H3. The molecule has 0 aliphatic heterocycles. The molecule has 1 N–H and O–H groups in total. The molecule has 1 atom stereocenters. The molecule has 2 aromatic rings. The van der Waals surface area contributed by atoms with Gasteiger partial charge in [-0.1, -0.05) is 19.1 Å². The summed E-state index contributed by atoms with van der Waals surface area (Å²) < 4.78 is 7.40. The second-order valence-electron chi connectivity index (χ2n) is 4.99. The summed E-state index contributed by atoms with van der Waals surface area (Å²) in [5.74, 6) is 0.920. The second kappa shape index (κ2) is 6.57. The van der Waals surface area contributed by atoms with Crippen molar-refractivity contribution in [2.75, 3.05) is 14.2 Å². The van der Waals surface area contributed by atoms with Crippen LogP contribution in [0.5, 0.6) is 5.75 Å². The second-order valence-corrected chi connectivity index (χ2v) is 4.99. The minimum Gasteiger partial charge on any atom is -0.496 e. The van der Waals surface area contributed by atoms with Crippen LogP contribution in [-0.2, 0) is 6.54 Å². The number of hydrogen-bond donors (Lipinski definition) is 1. The van der Waals surface area contributed by atoms with E-state index in [0.717, 1.165) is 24.3 Å². The van der Waals surface area contributed by atoms with Crippen LogP contribution in [0.1, 0.15) is 36.1 Å². The molecule has 0 saturated carbocycles. The minimum absolute atomic E-state index is 0.134. The Morgan fingerprint density at radius 2 is 2.15 bits per heavy atom. The largest absolute Gasteiger partial charge is 0.496 e. The Morgan fingerprint density at radius 1 is 1.35 bits per heavy atom. The lowest BCUT2D eigenvalue weighted by atomic mass is 10.00. The van der Waals surface area contributed by atoms with Crippen molar-refractivity contribution in [1.82, 2.24) is 15.1 Å². The van der Waals surface area contributed by atoms with E-state index in [0.29, 0.717) is 0 Å². The average Bonchev–Trinajstić information content (AvgIpc) is 2.90. The zero-order valence-corrected chi connectivity index (χ0v) is 12.7. The number of rotatable bonds is 6. The normalized spacial score (nSPS) is 12.4. The van der Waals surface area contributed by atoms with Gasteiger partial charge >= 0.3 is 0 Å². The topological polar surface area (TPSA) is 39.1 Å². The monoisotopic (exact) mass is 273 g/mol. The van der Waals surface area contributed by atoms with Crippen molar-refractivity contribution in [1.29, 1.82) is 0 Å². The van der Waals surface area contributed by atoms with Gasteiger partial charge in [0, 0.05) is 18.3 Å². The maximum absolute atomic E-state index is 5.41. The molecule has 108 valence electrons. The van der Waals surface area contributed by atoms with Crippen LogP contribution in [0.15, 0.2) is 30.6 Å². The van der Waals surface area contributed by atoms with Gasteiger partial charge in [-0.3, -0.25) is 4.68 Å². The van der Waals surface area contributed by atoms with Crippen molar-refractivity contribution < 1.29 is 4.74 Å². The number of methoxy groups -OCH3 is 1. The van der Waals surface area contributed by atoms with E-state index in [1.165, 1.54) is 11.1 Å². The highest BCUT2D eigenvalue weighted by Crippen LogP contribution is 2.27. The first kappa shape index (κ1) is 14.6. The van der Waals surface area contributed by atoms with Crippen LogP contribution in [-0.4, -0.2) is 23.9 Å². The quantitative estimate of drug-likeness (QED) is 0.879. The van der Waals surface area contributed by atoms with Crippen molar-refractivity contribution in [2.24, 2.45) is 0 Å². The van der Waals surface area contributed by atoms with Crippen molar-refractivity contribution in [3.05, 3.63) is 47.3 Å². The molecule has 20 heavy (non-hydrogen) atoms. The predicted molar refractivity (Wildman–Crippen MR) is 81.2 cm³/mol. The Morgan fingerprint density at radius 3 is 2.80 bits per heavy atom. The first-order chi connectivity index (χ1) is 9.69. The summed E-state index contributed by atoms with van der Waals surface area (Å²) in [6, 6.07) is 6.45. The van der Waals surface area contributed by atoms with Gasteiger partial charge in [0.15, 0.2) is 0 Å². The highest BCUT2D eigenvalue weighted by Gasteiger charge is 2.15. The third-order valence-electron chi connectivity index (χ3n) is 3.49. The summed E-state index contributed by atoms with van der Waals surface area (Å²) in [7, 11) is 3.67. The molecule has 0 fully saturated rings. The lowest BCUT2D eigenvalue weighted by Crippen LogP contribution is -2.17. The molecular weight excluding hydrogens is 250 g/mol. The first-order valence-electron chi connectivity index (χ1n) is 7.03. The van der Waals surface area contributed by atoms with Crippen LogP contribution in [0, 0.1) is 6.92 Å². The molecule has 2 rings (SSSR count). The smallest absolute Gasteiger partial charge is 0.122 e. The average molecular weight is 273 g/mol. The fraction of sp³-hybridized carbons (Fsp3) is 0.438. The third kappa shape index (κ3) is 3.02. The lowest BCUT2D eigenvalue weighted by Gasteiger charge is -2.16. The molecule has 0 radical (unpaired) electrons. The van der Waals surface area contributed by atoms with E-state index in [1.54, 1.807) is 7.11 Å². The van der Waals surface area contributed by atoms with Gasteiger partial charge in [0.1, 0.15) is 5.75 Å². The van der Waals surface area contributed by atoms with Crippen LogP contribution in [0.2, 0.25) is 0 Å². The van der Waals surface area contributed by atoms with Crippen LogP contribution < -0.4 is 10.1 Å². The molecule has 0 aliphatic rings. The van der Waals surface area contributed by atoms with Crippen LogP contribution in [0.4, 0.5) is 0 Å². The van der Waals surface area contributed by atoms with E-state index in [4.69, 9.17) is 4.74 Å². The van der Waals surface area contributed by atoms with Crippen molar-refractivity contribution in [3.8, 4) is 5.75 Å². The Hall–Kier alpha value is -1.81. The molecule has 0 aliphatic carbocycles. The molecule has 1 unspecified atom stereocenters. The fourth-order valence-corrected chi connectivity index (χ4v) is 2.42. The van der Waals surface area contributed by atoms with Crippen LogP contribution in [0.25, 0.3) is 0 Å². The van der Waals surface area contributed by atoms with Gasteiger partial charge in [-0.05, 0) is 37.6 Å². The maximum Gasteiger partial charge on any atom is 0.122 e. The number of nitrogens with zero attached hydrogens (tertiary/aromatic N) is 2. The lowest BCUT2D eigenvalue weighted by molar-refractivity contribution is 0.410. The Bertz CT molecular complexity index is 563. The van der Waals surface area contributed by atoms with E-state index in [2.05, 4.69) is 48.7 Å². The number of nitrogens with one attached hydrogen (secondary N) is 1. The highest BCUT2D eigenvalue weighted by atomic mass is 16.5. The molecule has 1 aromatic heterocycles. The van der Waals surface area contributed by atoms with E-state index in [1.807, 2.05) is 17.9 Å². The Labute approximate surface area is 120 Å². The Balaban J connectivity index is 2.31.